The quantitative estimate of drug-likeness (QED) is 0.836. The van der Waals surface area contributed by atoms with Crippen LogP contribution in [-0.4, -0.2) is 42.6 Å². The van der Waals surface area contributed by atoms with E-state index in [0.717, 1.165) is 43.9 Å². The largest absolute Gasteiger partial charge is 0.373 e. The van der Waals surface area contributed by atoms with Crippen molar-refractivity contribution in [1.82, 2.24) is 4.90 Å². The zero-order valence-electron chi connectivity index (χ0n) is 15.1. The number of carbonyl (C=O) groups excluding carboxylic acids is 1. The van der Waals surface area contributed by atoms with Gasteiger partial charge in [0.05, 0.1) is 17.8 Å². The van der Waals surface area contributed by atoms with Crippen LogP contribution < -0.4 is 5.32 Å². The minimum Gasteiger partial charge on any atom is -0.373 e. The smallest absolute Gasteiger partial charge is 0.226 e. The van der Waals surface area contributed by atoms with Crippen molar-refractivity contribution >= 4 is 22.2 Å². The Morgan fingerprint density at radius 3 is 2.72 bits per heavy atom. The van der Waals surface area contributed by atoms with E-state index in [9.17, 15) is 10.1 Å². The van der Waals surface area contributed by atoms with E-state index in [2.05, 4.69) is 30.1 Å². The number of nitrogens with one attached hydrogen (secondary N) is 1. The molecule has 3 rings (SSSR count). The molecule has 5 nitrogen and oxygen atoms in total. The van der Waals surface area contributed by atoms with Gasteiger partial charge < -0.3 is 10.1 Å². The number of thiophene rings is 1. The molecule has 136 valence electrons. The molecule has 2 atom stereocenters. The molecule has 25 heavy (non-hydrogen) atoms. The number of carbonyl (C=O) groups is 1. The van der Waals surface area contributed by atoms with Gasteiger partial charge in [0.1, 0.15) is 11.1 Å². The molecule has 1 fully saturated rings. The highest BCUT2D eigenvalue weighted by atomic mass is 32.1. The normalized spacial score (nSPS) is 24.2. The number of morpholine rings is 1. The van der Waals surface area contributed by atoms with Gasteiger partial charge in [0.15, 0.2) is 0 Å². The van der Waals surface area contributed by atoms with Gasteiger partial charge >= 0.3 is 0 Å². The SMILES string of the molecule is CC1CN(CCC(=O)Nc2sc3c(c2C#N)CCCCC3)CC(C)O1. The fraction of sp³-hybridized carbons (Fsp3) is 0.684. The molecular formula is C19H27N3O2S. The second-order valence-electron chi connectivity index (χ2n) is 7.20. The van der Waals surface area contributed by atoms with Crippen molar-refractivity contribution < 1.29 is 9.53 Å². The third-order valence-corrected chi connectivity index (χ3v) is 6.14. The van der Waals surface area contributed by atoms with Crippen molar-refractivity contribution in [3.63, 3.8) is 0 Å². The van der Waals surface area contributed by atoms with E-state index in [-0.39, 0.29) is 18.1 Å². The van der Waals surface area contributed by atoms with E-state index in [4.69, 9.17) is 4.74 Å². The van der Waals surface area contributed by atoms with Crippen LogP contribution in [0.15, 0.2) is 0 Å². The van der Waals surface area contributed by atoms with Crippen molar-refractivity contribution in [2.24, 2.45) is 0 Å². The highest BCUT2D eigenvalue weighted by Gasteiger charge is 2.24. The molecule has 0 aromatic carbocycles. The van der Waals surface area contributed by atoms with Crippen molar-refractivity contribution in [3.8, 4) is 6.07 Å². The molecule has 1 aliphatic heterocycles. The number of ether oxygens (including phenoxy) is 1. The molecule has 1 saturated heterocycles. The van der Waals surface area contributed by atoms with E-state index in [1.165, 1.54) is 23.3 Å². The molecule has 0 saturated carbocycles. The monoisotopic (exact) mass is 361 g/mol. The van der Waals surface area contributed by atoms with Crippen LogP contribution in [0.3, 0.4) is 0 Å². The Labute approximate surface area is 154 Å². The van der Waals surface area contributed by atoms with Crippen LogP contribution in [0.25, 0.3) is 0 Å². The summed E-state index contributed by atoms with van der Waals surface area (Å²) in [6, 6.07) is 2.32. The number of nitrogens with zero attached hydrogens (tertiary/aromatic N) is 2. The van der Waals surface area contributed by atoms with Gasteiger partial charge in [-0.2, -0.15) is 5.26 Å². The number of hydrogen-bond donors (Lipinski definition) is 1. The van der Waals surface area contributed by atoms with Crippen LogP contribution >= 0.6 is 11.3 Å². The lowest BCUT2D eigenvalue weighted by Crippen LogP contribution is -2.46. The van der Waals surface area contributed by atoms with E-state index < -0.39 is 0 Å². The molecule has 1 N–H and O–H groups in total. The van der Waals surface area contributed by atoms with Crippen LogP contribution in [0.4, 0.5) is 5.00 Å². The lowest BCUT2D eigenvalue weighted by molar-refractivity contribution is -0.117. The molecular weight excluding hydrogens is 334 g/mol. The Balaban J connectivity index is 1.59. The van der Waals surface area contributed by atoms with Crippen LogP contribution in [0, 0.1) is 11.3 Å². The van der Waals surface area contributed by atoms with E-state index in [0.29, 0.717) is 12.0 Å². The van der Waals surface area contributed by atoms with Gasteiger partial charge in [-0.15, -0.1) is 11.3 Å². The number of anilines is 1. The van der Waals surface area contributed by atoms with E-state index >= 15 is 0 Å². The average Bonchev–Trinajstić information content (AvgIpc) is 2.72. The summed E-state index contributed by atoms with van der Waals surface area (Å²) in [4.78, 5) is 16.0. The predicted molar refractivity (Wildman–Crippen MR) is 100.0 cm³/mol. The summed E-state index contributed by atoms with van der Waals surface area (Å²) in [7, 11) is 0. The highest BCUT2D eigenvalue weighted by Crippen LogP contribution is 2.37. The Morgan fingerprint density at radius 1 is 1.28 bits per heavy atom. The Bertz CT molecular complexity index is 654. The summed E-state index contributed by atoms with van der Waals surface area (Å²) < 4.78 is 5.73. The molecule has 1 aromatic heterocycles. The van der Waals surface area contributed by atoms with Crippen molar-refractivity contribution in [1.29, 1.82) is 5.26 Å². The number of rotatable bonds is 4. The van der Waals surface area contributed by atoms with E-state index in [1.54, 1.807) is 11.3 Å². The van der Waals surface area contributed by atoms with Crippen LogP contribution in [0.2, 0.25) is 0 Å². The predicted octanol–water partition coefficient (Wildman–Crippen LogP) is 3.33. The molecule has 2 aliphatic rings. The molecule has 6 heteroatoms. The molecule has 1 amide bonds. The minimum atomic E-state index is -0.000271. The molecule has 0 bridgehead atoms. The van der Waals surface area contributed by atoms with Gasteiger partial charge in [-0.05, 0) is 45.1 Å². The fourth-order valence-electron chi connectivity index (χ4n) is 3.86. The minimum absolute atomic E-state index is 0.000271. The van der Waals surface area contributed by atoms with Gasteiger partial charge in [0.2, 0.25) is 5.91 Å². The third kappa shape index (κ3) is 4.60. The van der Waals surface area contributed by atoms with Crippen LogP contribution in [0.5, 0.6) is 0 Å². The molecule has 1 aromatic rings. The van der Waals surface area contributed by atoms with E-state index in [1.807, 2.05) is 0 Å². The molecule has 0 radical (unpaired) electrons. The third-order valence-electron chi connectivity index (χ3n) is 4.94. The summed E-state index contributed by atoms with van der Waals surface area (Å²) in [5.74, 6) is -0.000271. The molecule has 0 spiro atoms. The zero-order valence-corrected chi connectivity index (χ0v) is 16.0. The van der Waals surface area contributed by atoms with Crippen LogP contribution in [0.1, 0.15) is 55.5 Å². The molecule has 1 aliphatic carbocycles. The Hall–Kier alpha value is -1.42. The summed E-state index contributed by atoms with van der Waals surface area (Å²) >= 11 is 1.60. The average molecular weight is 362 g/mol. The Kier molecular flexibility index (Phi) is 6.10. The first kappa shape index (κ1) is 18.4. The number of hydrogen-bond acceptors (Lipinski definition) is 5. The van der Waals surface area contributed by atoms with Gasteiger partial charge in [-0.25, -0.2) is 0 Å². The maximum Gasteiger partial charge on any atom is 0.226 e. The van der Waals surface area contributed by atoms with Gasteiger partial charge in [0.25, 0.3) is 0 Å². The summed E-state index contributed by atoms with van der Waals surface area (Å²) in [6.45, 7) is 6.61. The Morgan fingerprint density at radius 2 is 2.00 bits per heavy atom. The van der Waals surface area contributed by atoms with Crippen molar-refractivity contribution in [2.75, 3.05) is 25.0 Å². The van der Waals surface area contributed by atoms with Crippen molar-refractivity contribution in [2.45, 2.75) is 64.6 Å². The first-order valence-electron chi connectivity index (χ1n) is 9.29. The topological polar surface area (TPSA) is 65.4 Å². The standard InChI is InChI=1S/C19H27N3O2S/c1-13-11-22(12-14(2)24-13)9-8-18(23)21-19-16(10-20)15-6-4-3-5-7-17(15)25-19/h13-14H,3-9,11-12H2,1-2H3,(H,21,23). The number of amides is 1. The van der Waals surface area contributed by atoms with Gasteiger partial charge in [0, 0.05) is 30.9 Å². The second-order valence-corrected chi connectivity index (χ2v) is 8.30. The summed E-state index contributed by atoms with van der Waals surface area (Å²) in [6.07, 6.45) is 6.42. The zero-order chi connectivity index (χ0) is 17.8. The number of aryl methyl sites for hydroxylation is 1. The first-order chi connectivity index (χ1) is 12.1. The lowest BCUT2D eigenvalue weighted by atomic mass is 10.1. The molecule has 2 heterocycles. The highest BCUT2D eigenvalue weighted by molar-refractivity contribution is 7.16. The lowest BCUT2D eigenvalue weighted by Gasteiger charge is -2.35. The van der Waals surface area contributed by atoms with Crippen molar-refractivity contribution in [3.05, 3.63) is 16.0 Å². The maximum absolute atomic E-state index is 12.4. The fourth-order valence-corrected chi connectivity index (χ4v) is 5.12. The van der Waals surface area contributed by atoms with Crippen LogP contribution in [-0.2, 0) is 22.4 Å². The van der Waals surface area contributed by atoms with Gasteiger partial charge in [-0.3, -0.25) is 9.69 Å². The second kappa shape index (κ2) is 8.31. The number of nitriles is 1. The summed E-state index contributed by atoms with van der Waals surface area (Å²) in [5, 5.41) is 13.3. The maximum atomic E-state index is 12.4. The number of fused-ring (bicyclic) bond motifs is 1. The molecule has 2 unspecified atom stereocenters. The van der Waals surface area contributed by atoms with Gasteiger partial charge in [-0.1, -0.05) is 6.42 Å². The summed E-state index contributed by atoms with van der Waals surface area (Å²) in [5.41, 5.74) is 1.87. The first-order valence-corrected chi connectivity index (χ1v) is 10.1.